The van der Waals surface area contributed by atoms with E-state index < -0.39 is 22.9 Å². The molecule has 4 heterocycles. The van der Waals surface area contributed by atoms with E-state index in [4.69, 9.17) is 4.74 Å². The fourth-order valence-electron chi connectivity index (χ4n) is 8.26. The number of rotatable bonds is 13. The van der Waals surface area contributed by atoms with Gasteiger partial charge in [-0.1, -0.05) is 81.4 Å². The molecule has 3 aromatic rings. The molecule has 4 aliphatic heterocycles. The molecule has 3 saturated heterocycles. The number of quaternary nitrogens is 1. The number of anilines is 1. The maximum absolute atomic E-state index is 14.2. The zero-order chi connectivity index (χ0) is 33.9. The Hall–Kier alpha value is -2.46. The first-order valence-electron chi connectivity index (χ1n) is 18.1. The van der Waals surface area contributed by atoms with Crippen LogP contribution >= 0.6 is 24.2 Å². The topological polar surface area (TPSA) is 79.2 Å². The van der Waals surface area contributed by atoms with E-state index in [-0.39, 0.29) is 18.2 Å². The normalized spacial score (nSPS) is 25.6. The van der Waals surface area contributed by atoms with E-state index in [2.05, 4.69) is 43.0 Å². The van der Waals surface area contributed by atoms with Gasteiger partial charge in [-0.2, -0.15) is 0 Å². The Kier molecular flexibility index (Phi) is 12.5. The van der Waals surface area contributed by atoms with Gasteiger partial charge < -0.3 is 29.4 Å². The maximum atomic E-state index is 14.2. The summed E-state index contributed by atoms with van der Waals surface area (Å²) >= 11 is 1.28. The highest BCUT2D eigenvalue weighted by molar-refractivity contribution is 7.99. The van der Waals surface area contributed by atoms with Gasteiger partial charge in [-0.3, -0.25) is 4.90 Å². The van der Waals surface area contributed by atoms with Crippen LogP contribution in [0, 0.1) is 5.41 Å². The lowest BCUT2D eigenvalue weighted by molar-refractivity contribution is -0.953. The second-order valence-corrected chi connectivity index (χ2v) is 15.8. The first-order valence-corrected chi connectivity index (χ1v) is 19.0. The highest BCUT2D eigenvalue weighted by Crippen LogP contribution is 2.56. The number of phenolic OH excluding ortho intramolecular Hbond substituents is 1. The second-order valence-electron chi connectivity index (χ2n) is 14.7. The molecule has 3 aromatic carbocycles. The van der Waals surface area contributed by atoms with Crippen molar-refractivity contribution in [2.75, 3.05) is 58.3 Å². The summed E-state index contributed by atoms with van der Waals surface area (Å²) in [5, 5.41) is 38.4. The number of nitrogens with zero attached hydrogens (tertiary/aromatic N) is 3. The smallest absolute Gasteiger partial charge is 0.143 e. The number of benzene rings is 3. The van der Waals surface area contributed by atoms with Crippen LogP contribution < -0.4 is 14.7 Å². The Morgan fingerprint density at radius 2 is 1.49 bits per heavy atom. The van der Waals surface area contributed by atoms with Gasteiger partial charge in [0.1, 0.15) is 24.7 Å². The summed E-state index contributed by atoms with van der Waals surface area (Å²) in [5.41, 5.74) is 2.88. The van der Waals surface area contributed by atoms with Crippen molar-refractivity contribution in [2.45, 2.75) is 87.9 Å². The number of fused-ring (bicyclic) bond motifs is 4. The molecule has 2 bridgehead atoms. The standard InChI is InChI=1S/C40H55N3O4S.ClH/c1-5-7-19-40(20-8-6-2)38(45)35(36-34(48-39(40)46)18-17-33(37(36)44)41(3)4)31-13-15-32(16-14-31)47-28-30-11-9-29(10-12-30)27-43-24-21-42(22-25-43)23-26-43;/h9-18,35,38-39,44-45H,5-8,19-28H2,1-4H3;1H. The highest BCUT2D eigenvalue weighted by Gasteiger charge is 2.48. The van der Waals surface area contributed by atoms with Crippen LogP contribution in [0.4, 0.5) is 5.69 Å². The molecule has 268 valence electrons. The summed E-state index contributed by atoms with van der Waals surface area (Å²) in [6, 6.07) is 20.7. The molecule has 7 rings (SSSR count). The van der Waals surface area contributed by atoms with Crippen molar-refractivity contribution in [3.8, 4) is 11.5 Å². The van der Waals surface area contributed by atoms with E-state index >= 15 is 0 Å². The van der Waals surface area contributed by atoms with Crippen LogP contribution in [0.2, 0.25) is 0 Å². The van der Waals surface area contributed by atoms with Crippen molar-refractivity contribution in [1.82, 2.24) is 4.90 Å². The van der Waals surface area contributed by atoms with Gasteiger partial charge in [0.2, 0.25) is 0 Å². The third-order valence-electron chi connectivity index (χ3n) is 11.4. The van der Waals surface area contributed by atoms with Gasteiger partial charge in [0.05, 0.1) is 31.4 Å². The number of unbranched alkanes of at least 4 members (excludes halogenated alkanes) is 2. The summed E-state index contributed by atoms with van der Waals surface area (Å²) in [7, 11) is 3.80. The minimum absolute atomic E-state index is 0. The van der Waals surface area contributed by atoms with E-state index in [1.165, 1.54) is 61.1 Å². The molecule has 3 atom stereocenters. The third kappa shape index (κ3) is 7.90. The number of aliphatic hydroxyl groups is 1. The zero-order valence-corrected chi connectivity index (χ0v) is 31.4. The fraction of sp³-hybridized carbons (Fsp3) is 0.550. The molecule has 0 amide bonds. The number of hydrogen-bond donors (Lipinski definition) is 2. The molecule has 0 aliphatic carbocycles. The zero-order valence-electron chi connectivity index (χ0n) is 29.8. The van der Waals surface area contributed by atoms with Gasteiger partial charge in [0.25, 0.3) is 0 Å². The van der Waals surface area contributed by atoms with E-state index in [1.807, 2.05) is 55.4 Å². The molecule has 0 saturated carbocycles. The number of aromatic hydroxyl groups is 1. The fourth-order valence-corrected chi connectivity index (χ4v) is 9.59. The van der Waals surface area contributed by atoms with Crippen molar-refractivity contribution in [3.63, 3.8) is 0 Å². The molecule has 49 heavy (non-hydrogen) atoms. The largest absolute Gasteiger partial charge is 0.843 e. The highest BCUT2D eigenvalue weighted by atomic mass is 35.5. The van der Waals surface area contributed by atoms with Gasteiger partial charge in [0, 0.05) is 55.7 Å². The predicted octanol–water partition coefficient (Wildman–Crippen LogP) is 6.76. The van der Waals surface area contributed by atoms with Gasteiger partial charge >= 0.3 is 0 Å². The van der Waals surface area contributed by atoms with Crippen molar-refractivity contribution in [3.05, 3.63) is 82.9 Å². The van der Waals surface area contributed by atoms with Crippen LogP contribution in [0.5, 0.6) is 11.5 Å². The molecule has 2 N–H and O–H groups in total. The predicted molar refractivity (Wildman–Crippen MR) is 201 cm³/mol. The van der Waals surface area contributed by atoms with Crippen LogP contribution in [0.3, 0.4) is 0 Å². The molecule has 0 aromatic heterocycles. The van der Waals surface area contributed by atoms with Crippen molar-refractivity contribution in [1.29, 1.82) is 0 Å². The third-order valence-corrected chi connectivity index (χ3v) is 12.7. The molecular weight excluding hydrogens is 654 g/mol. The average Bonchev–Trinajstić information content (AvgIpc) is 3.19. The molecular formula is C40H56ClN3O4S. The quantitative estimate of drug-likeness (QED) is 0.190. The average molecular weight is 710 g/mol. The van der Waals surface area contributed by atoms with E-state index in [1.54, 1.807) is 0 Å². The molecule has 0 radical (unpaired) electrons. The SMILES string of the molecule is CCCCC1(CCCC)C([O-])Sc2ccc(N(C)C)c(O)c2C(c2ccc(OCc3ccc(C[N+]45CCN(CC4)CC5)cc3)cc2)C1O.Cl. The van der Waals surface area contributed by atoms with Crippen molar-refractivity contribution in [2.24, 2.45) is 5.41 Å². The maximum Gasteiger partial charge on any atom is 0.143 e. The van der Waals surface area contributed by atoms with E-state index in [0.29, 0.717) is 30.7 Å². The molecule has 3 fully saturated rings. The number of phenols is 1. The number of hydrogen-bond acceptors (Lipinski definition) is 7. The van der Waals surface area contributed by atoms with Crippen molar-refractivity contribution >= 4 is 29.9 Å². The lowest BCUT2D eigenvalue weighted by atomic mass is 9.67. The number of piperazine rings is 3. The van der Waals surface area contributed by atoms with E-state index in [0.717, 1.165) is 54.0 Å². The Balaban J connectivity index is 0.00000468. The minimum Gasteiger partial charge on any atom is -0.843 e. The van der Waals surface area contributed by atoms with Crippen LogP contribution in [0.15, 0.2) is 65.6 Å². The molecule has 9 heteroatoms. The molecule has 3 unspecified atom stereocenters. The number of ether oxygens (including phenoxy) is 1. The van der Waals surface area contributed by atoms with Crippen LogP contribution in [-0.4, -0.2) is 84.5 Å². The van der Waals surface area contributed by atoms with Gasteiger partial charge in [0.15, 0.2) is 0 Å². The number of aliphatic hydroxyl groups excluding tert-OH is 1. The van der Waals surface area contributed by atoms with Crippen LogP contribution in [0.25, 0.3) is 0 Å². The first kappa shape index (κ1) is 37.8. The second kappa shape index (κ2) is 16.3. The summed E-state index contributed by atoms with van der Waals surface area (Å²) in [4.78, 5) is 5.23. The Bertz CT molecular complexity index is 1490. The lowest BCUT2D eigenvalue weighted by Crippen LogP contribution is -2.66. The van der Waals surface area contributed by atoms with E-state index in [9.17, 15) is 15.3 Å². The monoisotopic (exact) mass is 709 g/mol. The summed E-state index contributed by atoms with van der Waals surface area (Å²) in [5.74, 6) is 0.344. The summed E-state index contributed by atoms with van der Waals surface area (Å²) in [6.45, 7) is 13.3. The lowest BCUT2D eigenvalue weighted by Gasteiger charge is -2.50. The van der Waals surface area contributed by atoms with Crippen molar-refractivity contribution < 1.29 is 24.5 Å². The molecule has 7 nitrogen and oxygen atoms in total. The first-order chi connectivity index (χ1) is 23.2. The molecule has 0 spiro atoms. The van der Waals surface area contributed by atoms with Crippen LogP contribution in [0.1, 0.15) is 80.5 Å². The Morgan fingerprint density at radius 1 is 0.898 bits per heavy atom. The Morgan fingerprint density at radius 3 is 2.06 bits per heavy atom. The number of thioether (sulfide) groups is 1. The van der Waals surface area contributed by atoms with Gasteiger partial charge in [-0.05, 0) is 53.6 Å². The summed E-state index contributed by atoms with van der Waals surface area (Å²) < 4.78 is 7.47. The molecule has 4 aliphatic rings. The van der Waals surface area contributed by atoms with Gasteiger partial charge in [-0.15, -0.1) is 24.2 Å². The minimum atomic E-state index is -1.04. The van der Waals surface area contributed by atoms with Gasteiger partial charge in [-0.25, -0.2) is 0 Å². The van der Waals surface area contributed by atoms with Crippen LogP contribution in [-0.2, 0) is 13.2 Å². The Labute approximate surface area is 304 Å². The number of halogens is 1. The summed E-state index contributed by atoms with van der Waals surface area (Å²) in [6.07, 6.45) is 4.06.